The Bertz CT molecular complexity index is 1080. The third-order valence-electron chi connectivity index (χ3n) is 5.49. The number of pyridine rings is 1. The molecule has 1 aliphatic heterocycles. The van der Waals surface area contributed by atoms with Crippen LogP contribution in [0.15, 0.2) is 77.7 Å². The van der Waals surface area contributed by atoms with Crippen molar-refractivity contribution < 1.29 is 23.5 Å². The highest BCUT2D eigenvalue weighted by Crippen LogP contribution is 2.27. The van der Waals surface area contributed by atoms with Gasteiger partial charge in [0.05, 0.1) is 30.8 Å². The highest BCUT2D eigenvalue weighted by molar-refractivity contribution is 6.04. The molecule has 2 atom stereocenters. The molecule has 4 rings (SSSR count). The quantitative estimate of drug-likeness (QED) is 0.505. The zero-order chi connectivity index (χ0) is 23.8. The lowest BCUT2D eigenvalue weighted by Gasteiger charge is -2.31. The lowest BCUT2D eigenvalue weighted by molar-refractivity contribution is -0.126. The fourth-order valence-electron chi connectivity index (χ4n) is 3.84. The van der Waals surface area contributed by atoms with Gasteiger partial charge in [-0.2, -0.15) is 0 Å². The molecule has 0 unspecified atom stereocenters. The van der Waals surface area contributed by atoms with Crippen LogP contribution >= 0.6 is 0 Å². The standard InChI is InChI=1S/C25H26N4O5/c30-22(17-28-24(31)21-11-6-14-34-21)29(19-9-4-12-26-15-19)23(18-7-2-1-3-8-18)25(32)27-16-20-10-5-13-33-20/h1-4,6-9,11-12,14-15,20,23H,5,10,13,16-17H2,(H,27,32)(H,28,31)/t20-,23+/m1/s1. The number of amides is 3. The van der Waals surface area contributed by atoms with Gasteiger partial charge in [-0.05, 0) is 42.7 Å². The minimum atomic E-state index is -0.972. The molecule has 34 heavy (non-hydrogen) atoms. The Hall–Kier alpha value is -3.98. The molecule has 0 spiro atoms. The van der Waals surface area contributed by atoms with Crippen molar-refractivity contribution in [2.24, 2.45) is 0 Å². The molecular weight excluding hydrogens is 436 g/mol. The van der Waals surface area contributed by atoms with E-state index in [9.17, 15) is 14.4 Å². The third-order valence-corrected chi connectivity index (χ3v) is 5.49. The summed E-state index contributed by atoms with van der Waals surface area (Å²) >= 11 is 0. The van der Waals surface area contributed by atoms with E-state index in [1.165, 1.54) is 23.4 Å². The van der Waals surface area contributed by atoms with E-state index in [0.717, 1.165) is 12.8 Å². The molecule has 2 aromatic heterocycles. The Kier molecular flexibility index (Phi) is 7.67. The molecule has 3 aromatic rings. The Morgan fingerprint density at radius 2 is 1.91 bits per heavy atom. The summed E-state index contributed by atoms with van der Waals surface area (Å²) in [4.78, 5) is 44.7. The largest absolute Gasteiger partial charge is 0.459 e. The van der Waals surface area contributed by atoms with E-state index in [4.69, 9.17) is 9.15 Å². The van der Waals surface area contributed by atoms with Crippen LogP contribution in [-0.4, -0.2) is 48.5 Å². The number of carbonyl (C=O) groups excluding carboxylic acids is 3. The zero-order valence-electron chi connectivity index (χ0n) is 18.6. The van der Waals surface area contributed by atoms with Crippen LogP contribution in [0.2, 0.25) is 0 Å². The van der Waals surface area contributed by atoms with Gasteiger partial charge < -0.3 is 19.8 Å². The molecule has 9 nitrogen and oxygen atoms in total. The van der Waals surface area contributed by atoms with Gasteiger partial charge in [0.15, 0.2) is 5.76 Å². The van der Waals surface area contributed by atoms with Crippen LogP contribution in [0.25, 0.3) is 0 Å². The van der Waals surface area contributed by atoms with Crippen molar-refractivity contribution in [2.75, 3.05) is 24.6 Å². The first kappa shape index (κ1) is 23.2. The molecular formula is C25H26N4O5. The van der Waals surface area contributed by atoms with Gasteiger partial charge in [-0.15, -0.1) is 0 Å². The maximum atomic E-state index is 13.5. The average molecular weight is 463 g/mol. The van der Waals surface area contributed by atoms with Crippen LogP contribution in [0, 0.1) is 0 Å². The zero-order valence-corrected chi connectivity index (χ0v) is 18.6. The van der Waals surface area contributed by atoms with Crippen molar-refractivity contribution >= 4 is 23.4 Å². The van der Waals surface area contributed by atoms with E-state index in [1.807, 2.05) is 6.07 Å². The van der Waals surface area contributed by atoms with Crippen molar-refractivity contribution in [3.05, 3.63) is 84.6 Å². The summed E-state index contributed by atoms with van der Waals surface area (Å²) in [7, 11) is 0. The fourth-order valence-corrected chi connectivity index (χ4v) is 3.84. The molecule has 0 saturated carbocycles. The topological polar surface area (TPSA) is 114 Å². The predicted molar refractivity (Wildman–Crippen MR) is 124 cm³/mol. The molecule has 0 bridgehead atoms. The molecule has 1 fully saturated rings. The van der Waals surface area contributed by atoms with Crippen LogP contribution in [0.1, 0.15) is 35.0 Å². The smallest absolute Gasteiger partial charge is 0.287 e. The van der Waals surface area contributed by atoms with Crippen LogP contribution in [0.4, 0.5) is 5.69 Å². The first-order valence-electron chi connectivity index (χ1n) is 11.1. The number of aromatic nitrogens is 1. The number of carbonyl (C=O) groups is 3. The van der Waals surface area contributed by atoms with E-state index in [1.54, 1.807) is 48.7 Å². The summed E-state index contributed by atoms with van der Waals surface area (Å²) in [5.74, 6) is -1.26. The van der Waals surface area contributed by atoms with Gasteiger partial charge in [-0.1, -0.05) is 30.3 Å². The summed E-state index contributed by atoms with van der Waals surface area (Å²) in [6, 6.07) is 14.5. The second kappa shape index (κ2) is 11.2. The molecule has 3 amide bonds. The minimum absolute atomic E-state index is 0.0458. The number of ether oxygens (including phenoxy) is 1. The second-order valence-corrected chi connectivity index (χ2v) is 7.83. The number of benzene rings is 1. The number of anilines is 1. The molecule has 1 aromatic carbocycles. The summed E-state index contributed by atoms with van der Waals surface area (Å²) in [6.07, 6.45) is 6.26. The van der Waals surface area contributed by atoms with Crippen molar-refractivity contribution in [3.8, 4) is 0 Å². The van der Waals surface area contributed by atoms with Crippen molar-refractivity contribution in [2.45, 2.75) is 25.0 Å². The molecule has 1 aliphatic rings. The summed E-state index contributed by atoms with van der Waals surface area (Å²) in [6.45, 7) is 0.696. The molecule has 9 heteroatoms. The summed E-state index contributed by atoms with van der Waals surface area (Å²) in [5, 5.41) is 5.50. The Morgan fingerprint density at radius 3 is 2.59 bits per heavy atom. The number of furan rings is 1. The third kappa shape index (κ3) is 5.68. The van der Waals surface area contributed by atoms with Gasteiger partial charge in [0, 0.05) is 19.3 Å². The Balaban J connectivity index is 1.60. The average Bonchev–Trinajstić information content (AvgIpc) is 3.60. The SMILES string of the molecule is O=C(NCC(=O)N(c1cccnc1)[C@H](C(=O)NC[C@H]1CCCO1)c1ccccc1)c1ccco1. The highest BCUT2D eigenvalue weighted by Gasteiger charge is 2.33. The van der Waals surface area contributed by atoms with Crippen molar-refractivity contribution in [1.29, 1.82) is 0 Å². The van der Waals surface area contributed by atoms with Gasteiger partial charge in [-0.25, -0.2) is 0 Å². The van der Waals surface area contributed by atoms with Gasteiger partial charge in [0.25, 0.3) is 5.91 Å². The van der Waals surface area contributed by atoms with E-state index in [2.05, 4.69) is 15.6 Å². The number of nitrogens with zero attached hydrogens (tertiary/aromatic N) is 2. The summed E-state index contributed by atoms with van der Waals surface area (Å²) < 4.78 is 10.7. The number of hydrogen-bond acceptors (Lipinski definition) is 6. The lowest BCUT2D eigenvalue weighted by Crippen LogP contribution is -2.48. The molecule has 3 heterocycles. The maximum absolute atomic E-state index is 13.5. The van der Waals surface area contributed by atoms with Crippen molar-refractivity contribution in [3.63, 3.8) is 0 Å². The molecule has 2 N–H and O–H groups in total. The normalized spacial score (nSPS) is 15.9. The Labute approximate surface area is 197 Å². The van der Waals surface area contributed by atoms with Gasteiger partial charge in [0.2, 0.25) is 11.8 Å². The van der Waals surface area contributed by atoms with Gasteiger partial charge in [-0.3, -0.25) is 24.3 Å². The first-order chi connectivity index (χ1) is 16.6. The van der Waals surface area contributed by atoms with E-state index >= 15 is 0 Å². The van der Waals surface area contributed by atoms with Crippen LogP contribution < -0.4 is 15.5 Å². The minimum Gasteiger partial charge on any atom is -0.459 e. The van der Waals surface area contributed by atoms with Crippen LogP contribution in [-0.2, 0) is 14.3 Å². The Morgan fingerprint density at radius 1 is 1.06 bits per heavy atom. The lowest BCUT2D eigenvalue weighted by atomic mass is 10.0. The van der Waals surface area contributed by atoms with E-state index in [-0.39, 0.29) is 24.3 Å². The second-order valence-electron chi connectivity index (χ2n) is 7.83. The number of nitrogens with one attached hydrogen (secondary N) is 2. The predicted octanol–water partition coefficient (Wildman–Crippen LogP) is 2.47. The van der Waals surface area contributed by atoms with Crippen molar-refractivity contribution in [1.82, 2.24) is 15.6 Å². The van der Waals surface area contributed by atoms with E-state index < -0.39 is 17.9 Å². The van der Waals surface area contributed by atoms with E-state index in [0.29, 0.717) is 24.4 Å². The van der Waals surface area contributed by atoms with Crippen LogP contribution in [0.5, 0.6) is 0 Å². The monoisotopic (exact) mass is 462 g/mol. The molecule has 176 valence electrons. The number of hydrogen-bond donors (Lipinski definition) is 2. The van der Waals surface area contributed by atoms with Crippen LogP contribution in [0.3, 0.4) is 0 Å². The molecule has 0 aliphatic carbocycles. The fraction of sp³-hybridized carbons (Fsp3) is 0.280. The summed E-state index contributed by atoms with van der Waals surface area (Å²) in [5.41, 5.74) is 1.06. The molecule has 1 saturated heterocycles. The highest BCUT2D eigenvalue weighted by atomic mass is 16.5. The first-order valence-corrected chi connectivity index (χ1v) is 11.1. The van der Waals surface area contributed by atoms with Gasteiger partial charge in [0.1, 0.15) is 6.04 Å². The van der Waals surface area contributed by atoms with Gasteiger partial charge >= 0.3 is 0 Å². The number of rotatable bonds is 9. The maximum Gasteiger partial charge on any atom is 0.287 e. The molecule has 0 radical (unpaired) electrons.